The molecule has 0 radical (unpaired) electrons. The highest BCUT2D eigenvalue weighted by Crippen LogP contribution is 2.24. The lowest BCUT2D eigenvalue weighted by Gasteiger charge is -2.09. The van der Waals surface area contributed by atoms with Crippen molar-refractivity contribution >= 4 is 35.0 Å². The smallest absolute Gasteiger partial charge is 0.234 e. The molecule has 8 heteroatoms. The first-order valence-corrected chi connectivity index (χ1v) is 9.16. The number of benzene rings is 2. The monoisotopic (exact) mass is 390 g/mol. The molecule has 0 aliphatic carbocycles. The van der Waals surface area contributed by atoms with Gasteiger partial charge in [-0.05, 0) is 49.2 Å². The van der Waals surface area contributed by atoms with E-state index in [1.807, 2.05) is 25.1 Å². The van der Waals surface area contributed by atoms with E-state index in [0.717, 1.165) is 16.8 Å². The van der Waals surface area contributed by atoms with E-state index in [0.29, 0.717) is 15.9 Å². The summed E-state index contributed by atoms with van der Waals surface area (Å²) in [4.78, 5) is 12.2. The van der Waals surface area contributed by atoms with Crippen LogP contribution in [0.4, 0.5) is 10.1 Å². The highest BCUT2D eigenvalue weighted by molar-refractivity contribution is 7.99. The topological polar surface area (TPSA) is 59.8 Å². The van der Waals surface area contributed by atoms with Crippen LogP contribution in [-0.2, 0) is 4.79 Å². The summed E-state index contributed by atoms with van der Waals surface area (Å²) in [5.41, 5.74) is 3.04. The number of amides is 1. The maximum atomic E-state index is 13.3. The number of carbonyl (C=O) groups is 1. The van der Waals surface area contributed by atoms with Crippen molar-refractivity contribution in [2.24, 2.45) is 0 Å². The molecule has 5 nitrogen and oxygen atoms in total. The van der Waals surface area contributed by atoms with Gasteiger partial charge in [-0.1, -0.05) is 35.5 Å². The molecule has 1 heterocycles. The molecule has 0 unspecified atom stereocenters. The molecule has 26 heavy (non-hydrogen) atoms. The van der Waals surface area contributed by atoms with Crippen molar-refractivity contribution in [3.8, 4) is 5.69 Å². The number of rotatable bonds is 5. The molecule has 0 bridgehead atoms. The number of nitrogens with zero attached hydrogens (tertiary/aromatic N) is 3. The molecule has 1 amide bonds. The fourth-order valence-electron chi connectivity index (χ4n) is 2.28. The summed E-state index contributed by atoms with van der Waals surface area (Å²) in [6.07, 6.45) is 1.57. The second-order valence-electron chi connectivity index (χ2n) is 5.71. The van der Waals surface area contributed by atoms with Gasteiger partial charge in [0.25, 0.3) is 0 Å². The van der Waals surface area contributed by atoms with Crippen molar-refractivity contribution in [1.29, 1.82) is 0 Å². The zero-order valence-electron chi connectivity index (χ0n) is 14.2. The van der Waals surface area contributed by atoms with E-state index in [-0.39, 0.29) is 11.7 Å². The Morgan fingerprint density at radius 2 is 2.00 bits per heavy atom. The Kier molecular flexibility index (Phi) is 5.58. The van der Waals surface area contributed by atoms with Crippen molar-refractivity contribution in [3.63, 3.8) is 0 Å². The largest absolute Gasteiger partial charge is 0.325 e. The van der Waals surface area contributed by atoms with E-state index < -0.39 is 5.82 Å². The molecule has 0 saturated carbocycles. The van der Waals surface area contributed by atoms with Crippen LogP contribution in [-0.4, -0.2) is 26.4 Å². The van der Waals surface area contributed by atoms with Gasteiger partial charge in [0.05, 0.1) is 11.4 Å². The van der Waals surface area contributed by atoms with Crippen LogP contribution in [0.5, 0.6) is 0 Å². The Morgan fingerprint density at radius 3 is 2.77 bits per heavy atom. The summed E-state index contributed by atoms with van der Waals surface area (Å²) in [5.74, 6) is -0.524. The van der Waals surface area contributed by atoms with Crippen molar-refractivity contribution in [3.05, 3.63) is 64.7 Å². The number of aryl methyl sites for hydroxylation is 2. The Balaban J connectivity index is 1.69. The lowest BCUT2D eigenvalue weighted by atomic mass is 10.2. The van der Waals surface area contributed by atoms with Gasteiger partial charge < -0.3 is 5.32 Å². The second kappa shape index (κ2) is 7.88. The zero-order valence-corrected chi connectivity index (χ0v) is 15.7. The lowest BCUT2D eigenvalue weighted by molar-refractivity contribution is -0.113. The SMILES string of the molecule is Cc1ccc(-n2cnnc2SCC(=O)Nc2cc(F)ccc2C)cc1Cl. The Bertz CT molecular complexity index is 960. The first-order valence-electron chi connectivity index (χ1n) is 7.79. The number of halogens is 2. The minimum Gasteiger partial charge on any atom is -0.325 e. The maximum Gasteiger partial charge on any atom is 0.234 e. The van der Waals surface area contributed by atoms with E-state index in [1.54, 1.807) is 23.9 Å². The van der Waals surface area contributed by atoms with E-state index in [2.05, 4.69) is 15.5 Å². The second-order valence-corrected chi connectivity index (χ2v) is 7.06. The normalized spacial score (nSPS) is 10.8. The van der Waals surface area contributed by atoms with Gasteiger partial charge in [-0.3, -0.25) is 9.36 Å². The predicted molar refractivity (Wildman–Crippen MR) is 102 cm³/mol. The van der Waals surface area contributed by atoms with Gasteiger partial charge in [0.1, 0.15) is 12.1 Å². The fraction of sp³-hybridized carbons (Fsp3) is 0.167. The summed E-state index contributed by atoms with van der Waals surface area (Å²) in [6, 6.07) is 9.91. The molecule has 3 aromatic rings. The number of thioether (sulfide) groups is 1. The third kappa shape index (κ3) is 4.23. The molecule has 1 aromatic heterocycles. The van der Waals surface area contributed by atoms with Crippen LogP contribution in [0.2, 0.25) is 5.02 Å². The molecule has 0 atom stereocenters. The van der Waals surface area contributed by atoms with Crippen LogP contribution in [0, 0.1) is 19.7 Å². The zero-order chi connectivity index (χ0) is 18.7. The Morgan fingerprint density at radius 1 is 1.23 bits per heavy atom. The molecule has 0 saturated heterocycles. The summed E-state index contributed by atoms with van der Waals surface area (Å²) < 4.78 is 15.1. The molecule has 0 spiro atoms. The first-order chi connectivity index (χ1) is 12.4. The minimum atomic E-state index is -0.394. The number of hydrogen-bond donors (Lipinski definition) is 1. The number of nitrogens with one attached hydrogen (secondary N) is 1. The van der Waals surface area contributed by atoms with Gasteiger partial charge in [0, 0.05) is 10.7 Å². The van der Waals surface area contributed by atoms with Crippen molar-refractivity contribution < 1.29 is 9.18 Å². The quantitative estimate of drug-likeness (QED) is 0.655. The van der Waals surface area contributed by atoms with Gasteiger partial charge in [0.2, 0.25) is 5.91 Å². The van der Waals surface area contributed by atoms with E-state index in [9.17, 15) is 9.18 Å². The van der Waals surface area contributed by atoms with Gasteiger partial charge >= 0.3 is 0 Å². The molecule has 0 aliphatic rings. The summed E-state index contributed by atoms with van der Waals surface area (Å²) in [7, 11) is 0. The Labute approximate surface area is 159 Å². The molecule has 0 fully saturated rings. The van der Waals surface area contributed by atoms with E-state index in [4.69, 9.17) is 11.6 Å². The third-order valence-electron chi connectivity index (χ3n) is 3.76. The average Bonchev–Trinajstić information content (AvgIpc) is 3.07. The molecule has 3 rings (SSSR count). The molecule has 134 valence electrons. The van der Waals surface area contributed by atoms with Gasteiger partial charge in [-0.2, -0.15) is 0 Å². The molecular weight excluding hydrogens is 375 g/mol. The van der Waals surface area contributed by atoms with Gasteiger partial charge in [-0.15, -0.1) is 10.2 Å². The third-order valence-corrected chi connectivity index (χ3v) is 5.11. The van der Waals surface area contributed by atoms with E-state index in [1.165, 1.54) is 23.9 Å². The van der Waals surface area contributed by atoms with Gasteiger partial charge in [0.15, 0.2) is 5.16 Å². The number of anilines is 1. The van der Waals surface area contributed by atoms with Crippen molar-refractivity contribution in [1.82, 2.24) is 14.8 Å². The minimum absolute atomic E-state index is 0.119. The molecule has 0 aliphatic heterocycles. The summed E-state index contributed by atoms with van der Waals surface area (Å²) >= 11 is 7.41. The number of aromatic nitrogens is 3. The van der Waals surface area contributed by atoms with Crippen molar-refractivity contribution in [2.75, 3.05) is 11.1 Å². The fourth-order valence-corrected chi connectivity index (χ4v) is 3.18. The summed E-state index contributed by atoms with van der Waals surface area (Å²) in [6.45, 7) is 3.73. The van der Waals surface area contributed by atoms with Gasteiger partial charge in [-0.25, -0.2) is 4.39 Å². The van der Waals surface area contributed by atoms with Crippen LogP contribution < -0.4 is 5.32 Å². The maximum absolute atomic E-state index is 13.3. The predicted octanol–water partition coefficient (Wildman–Crippen LogP) is 4.41. The summed E-state index contributed by atoms with van der Waals surface area (Å²) in [5, 5.41) is 11.9. The number of carbonyl (C=O) groups excluding carboxylic acids is 1. The number of hydrogen-bond acceptors (Lipinski definition) is 4. The first kappa shape index (κ1) is 18.4. The van der Waals surface area contributed by atoms with E-state index >= 15 is 0 Å². The van der Waals surface area contributed by atoms with Crippen molar-refractivity contribution in [2.45, 2.75) is 19.0 Å². The standard InChI is InChI=1S/C18H16ClFN4OS/c1-11-4-6-14(8-15(11)19)24-10-21-23-18(24)26-9-17(25)22-16-7-13(20)5-3-12(16)2/h3-8,10H,9H2,1-2H3,(H,22,25). The van der Waals surface area contributed by atoms with Crippen LogP contribution in [0.1, 0.15) is 11.1 Å². The molecule has 1 N–H and O–H groups in total. The Hall–Kier alpha value is -2.38. The van der Waals surface area contributed by atoms with Crippen LogP contribution in [0.3, 0.4) is 0 Å². The van der Waals surface area contributed by atoms with Crippen LogP contribution in [0.15, 0.2) is 47.9 Å². The highest BCUT2D eigenvalue weighted by Gasteiger charge is 2.12. The van der Waals surface area contributed by atoms with Crippen LogP contribution in [0.25, 0.3) is 5.69 Å². The van der Waals surface area contributed by atoms with Crippen LogP contribution >= 0.6 is 23.4 Å². The average molecular weight is 391 g/mol. The lowest BCUT2D eigenvalue weighted by Crippen LogP contribution is -2.15. The molecular formula is C18H16ClFN4OS. The molecule has 2 aromatic carbocycles. The highest BCUT2D eigenvalue weighted by atomic mass is 35.5.